The van der Waals surface area contributed by atoms with Crippen LogP contribution in [0.1, 0.15) is 33.9 Å². The molecule has 0 N–H and O–H groups in total. The third kappa shape index (κ3) is 6.34. The number of nitrogens with zero attached hydrogens (tertiary/aromatic N) is 1. The largest absolute Gasteiger partial charge is 0.493 e. The van der Waals surface area contributed by atoms with Gasteiger partial charge >= 0.3 is 6.09 Å². The van der Waals surface area contributed by atoms with Crippen molar-refractivity contribution in [1.82, 2.24) is 4.90 Å². The van der Waals surface area contributed by atoms with Crippen LogP contribution in [0.5, 0.6) is 17.2 Å². The molecule has 6 heteroatoms. The lowest BCUT2D eigenvalue weighted by atomic mass is 9.88. The van der Waals surface area contributed by atoms with Crippen LogP contribution in [0, 0.1) is 0 Å². The topological polar surface area (TPSA) is 57.2 Å². The van der Waals surface area contributed by atoms with Crippen LogP contribution in [0.15, 0.2) is 97.1 Å². The molecule has 200 valence electrons. The molecule has 1 amide bonds. The minimum absolute atomic E-state index is 0.206. The second-order valence-electron chi connectivity index (χ2n) is 9.53. The van der Waals surface area contributed by atoms with E-state index in [1.54, 1.807) is 12.0 Å². The van der Waals surface area contributed by atoms with E-state index in [9.17, 15) is 4.79 Å². The predicted octanol–water partition coefficient (Wildman–Crippen LogP) is 6.76. The van der Waals surface area contributed by atoms with E-state index in [1.165, 1.54) is 7.11 Å². The summed E-state index contributed by atoms with van der Waals surface area (Å²) in [6.45, 7) is 1.50. The Kier molecular flexibility index (Phi) is 8.32. The average Bonchev–Trinajstić information content (AvgIpc) is 3.00. The number of methoxy groups -OCH3 is 2. The molecule has 0 saturated carbocycles. The summed E-state index contributed by atoms with van der Waals surface area (Å²) in [6, 6.07) is 32.0. The van der Waals surface area contributed by atoms with Crippen LogP contribution >= 0.6 is 0 Å². The second kappa shape index (κ2) is 12.4. The zero-order valence-electron chi connectivity index (χ0n) is 22.3. The molecule has 1 aliphatic rings. The maximum atomic E-state index is 12.8. The van der Waals surface area contributed by atoms with Gasteiger partial charge in [-0.05, 0) is 64.9 Å². The molecule has 6 nitrogen and oxygen atoms in total. The first-order valence-corrected chi connectivity index (χ1v) is 13.1. The molecule has 0 saturated heterocycles. The molecule has 1 heterocycles. The van der Waals surface area contributed by atoms with E-state index < -0.39 is 0 Å². The molecule has 0 spiro atoms. The Morgan fingerprint density at radius 2 is 1.41 bits per heavy atom. The van der Waals surface area contributed by atoms with Gasteiger partial charge in [0.25, 0.3) is 0 Å². The van der Waals surface area contributed by atoms with E-state index in [1.807, 2.05) is 84.9 Å². The fraction of sp³-hybridized carbons (Fsp3) is 0.242. The highest BCUT2D eigenvalue weighted by Crippen LogP contribution is 2.40. The number of fused-ring (bicyclic) bond motifs is 1. The van der Waals surface area contributed by atoms with Crippen LogP contribution in [0.2, 0.25) is 0 Å². The molecule has 0 unspecified atom stereocenters. The fourth-order valence-electron chi connectivity index (χ4n) is 4.96. The Bertz CT molecular complexity index is 1370. The van der Waals surface area contributed by atoms with E-state index in [-0.39, 0.29) is 12.1 Å². The maximum absolute atomic E-state index is 12.8. The standard InChI is InChI=1S/C33H33NO5/c1-36-31-20-27-17-18-34(33(35)37-2)30(29(27)21-32(31)39-23-26-11-7-4-8-12-26)19-24-13-15-28(16-14-24)38-22-25-9-5-3-6-10-25/h3-16,20-21,30H,17-19,22-23H2,1-2H3/t30-/m0/s1. The van der Waals surface area contributed by atoms with Gasteiger partial charge in [0.2, 0.25) is 0 Å². The van der Waals surface area contributed by atoms with Crippen LogP contribution in [0.3, 0.4) is 0 Å². The lowest BCUT2D eigenvalue weighted by molar-refractivity contribution is 0.100. The Morgan fingerprint density at radius 3 is 2.03 bits per heavy atom. The van der Waals surface area contributed by atoms with Crippen LogP contribution in [0.4, 0.5) is 4.79 Å². The van der Waals surface area contributed by atoms with Crippen molar-refractivity contribution in [2.24, 2.45) is 0 Å². The molecule has 0 aromatic heterocycles. The van der Waals surface area contributed by atoms with Crippen molar-refractivity contribution in [3.63, 3.8) is 0 Å². The number of hydrogen-bond donors (Lipinski definition) is 0. The first kappa shape index (κ1) is 26.2. The Balaban J connectivity index is 1.38. The quantitative estimate of drug-likeness (QED) is 0.243. The van der Waals surface area contributed by atoms with Crippen LogP contribution in [-0.4, -0.2) is 31.8 Å². The van der Waals surface area contributed by atoms with Crippen LogP contribution in [-0.2, 0) is 30.8 Å². The molecule has 4 aromatic rings. The van der Waals surface area contributed by atoms with Gasteiger partial charge in [-0.1, -0.05) is 72.8 Å². The maximum Gasteiger partial charge on any atom is 0.410 e. The van der Waals surface area contributed by atoms with Gasteiger partial charge in [0.1, 0.15) is 19.0 Å². The van der Waals surface area contributed by atoms with Gasteiger partial charge in [-0.15, -0.1) is 0 Å². The van der Waals surface area contributed by atoms with E-state index >= 15 is 0 Å². The molecule has 0 bridgehead atoms. The van der Waals surface area contributed by atoms with E-state index in [0.29, 0.717) is 44.1 Å². The minimum Gasteiger partial charge on any atom is -0.493 e. The summed E-state index contributed by atoms with van der Waals surface area (Å²) in [5.74, 6) is 2.15. The first-order valence-electron chi connectivity index (χ1n) is 13.1. The van der Waals surface area contributed by atoms with Crippen molar-refractivity contribution in [2.75, 3.05) is 20.8 Å². The smallest absolute Gasteiger partial charge is 0.410 e. The van der Waals surface area contributed by atoms with E-state index in [2.05, 4.69) is 12.1 Å². The van der Waals surface area contributed by atoms with Crippen molar-refractivity contribution < 1.29 is 23.7 Å². The van der Waals surface area contributed by atoms with Crippen LogP contribution < -0.4 is 14.2 Å². The highest BCUT2D eigenvalue weighted by molar-refractivity contribution is 5.69. The van der Waals surface area contributed by atoms with Crippen LogP contribution in [0.25, 0.3) is 0 Å². The third-order valence-corrected chi connectivity index (χ3v) is 7.03. The van der Waals surface area contributed by atoms with Crippen molar-refractivity contribution in [2.45, 2.75) is 32.1 Å². The highest BCUT2D eigenvalue weighted by atomic mass is 16.5. The SMILES string of the molecule is COC(=O)N1CCc2cc(OC)c(OCc3ccccc3)cc2[C@@H]1Cc1ccc(OCc2ccccc2)cc1. The summed E-state index contributed by atoms with van der Waals surface area (Å²) in [4.78, 5) is 14.6. The van der Waals surface area contributed by atoms with Crippen molar-refractivity contribution in [3.8, 4) is 17.2 Å². The van der Waals surface area contributed by atoms with Gasteiger partial charge in [-0.3, -0.25) is 0 Å². The zero-order chi connectivity index (χ0) is 27.0. The van der Waals surface area contributed by atoms with E-state index in [4.69, 9.17) is 18.9 Å². The van der Waals surface area contributed by atoms with Gasteiger partial charge < -0.3 is 23.8 Å². The summed E-state index contributed by atoms with van der Waals surface area (Å²) < 4.78 is 23.0. The molecule has 39 heavy (non-hydrogen) atoms. The van der Waals surface area contributed by atoms with Gasteiger partial charge in [-0.25, -0.2) is 4.79 Å². The number of hydrogen-bond acceptors (Lipinski definition) is 5. The average molecular weight is 524 g/mol. The fourth-order valence-corrected chi connectivity index (χ4v) is 4.96. The Labute approximate surface area is 229 Å². The highest BCUT2D eigenvalue weighted by Gasteiger charge is 2.33. The molecule has 0 radical (unpaired) electrons. The van der Waals surface area contributed by atoms with Gasteiger partial charge in [0.05, 0.1) is 20.3 Å². The van der Waals surface area contributed by atoms with Crippen molar-refractivity contribution >= 4 is 6.09 Å². The molecule has 1 aliphatic heterocycles. The molecular formula is C33H33NO5. The number of carbonyl (C=O) groups is 1. The molecule has 1 atom stereocenters. The summed E-state index contributed by atoms with van der Waals surface area (Å²) in [5.41, 5.74) is 5.47. The molecular weight excluding hydrogens is 490 g/mol. The lowest BCUT2D eigenvalue weighted by Crippen LogP contribution is -2.41. The van der Waals surface area contributed by atoms with Gasteiger partial charge in [-0.2, -0.15) is 0 Å². The molecule has 4 aromatic carbocycles. The normalized spacial score (nSPS) is 14.3. The molecule has 5 rings (SSSR count). The van der Waals surface area contributed by atoms with Crippen molar-refractivity contribution in [3.05, 3.63) is 125 Å². The van der Waals surface area contributed by atoms with Gasteiger partial charge in [0, 0.05) is 6.54 Å². The number of ether oxygens (including phenoxy) is 4. The van der Waals surface area contributed by atoms with E-state index in [0.717, 1.165) is 33.6 Å². The zero-order valence-corrected chi connectivity index (χ0v) is 22.3. The summed E-state index contributed by atoms with van der Waals surface area (Å²) in [7, 11) is 3.08. The van der Waals surface area contributed by atoms with Gasteiger partial charge in [0.15, 0.2) is 11.5 Å². The summed E-state index contributed by atoms with van der Waals surface area (Å²) in [6.07, 6.45) is 1.00. The predicted molar refractivity (Wildman–Crippen MR) is 150 cm³/mol. The minimum atomic E-state index is -0.337. The first-order chi connectivity index (χ1) is 19.1. The number of rotatable bonds is 9. The Hall–Kier alpha value is -4.45. The molecule has 0 aliphatic carbocycles. The third-order valence-electron chi connectivity index (χ3n) is 7.03. The summed E-state index contributed by atoms with van der Waals surface area (Å²) >= 11 is 0. The number of benzene rings is 4. The monoisotopic (exact) mass is 523 g/mol. The second-order valence-corrected chi connectivity index (χ2v) is 9.53. The Morgan fingerprint density at radius 1 is 0.769 bits per heavy atom. The van der Waals surface area contributed by atoms with Crippen molar-refractivity contribution in [1.29, 1.82) is 0 Å². The number of amides is 1. The molecule has 0 fully saturated rings. The summed E-state index contributed by atoms with van der Waals surface area (Å²) in [5, 5.41) is 0. The number of carbonyl (C=O) groups excluding carboxylic acids is 1. The lowest BCUT2D eigenvalue weighted by Gasteiger charge is -2.37.